The van der Waals surface area contributed by atoms with Crippen LogP contribution in [0.4, 0.5) is 17.1 Å². The molecule has 5 nitrogen and oxygen atoms in total. The van der Waals surface area contributed by atoms with Gasteiger partial charge in [-0.15, -0.1) is 0 Å². The number of hydrogen-bond acceptors (Lipinski definition) is 4. The van der Waals surface area contributed by atoms with Crippen molar-refractivity contribution in [1.82, 2.24) is 4.57 Å². The van der Waals surface area contributed by atoms with Crippen LogP contribution >= 0.6 is 0 Å². The van der Waals surface area contributed by atoms with Crippen molar-refractivity contribution in [3.8, 4) is 50.4 Å². The van der Waals surface area contributed by atoms with Crippen molar-refractivity contribution in [3.63, 3.8) is 0 Å². The molecular formula is C59H42BN3O2. The Hall–Kier alpha value is -8.22. The smallest absolute Gasteiger partial charge is 0.198 e. The van der Waals surface area contributed by atoms with Crippen molar-refractivity contribution in [1.29, 1.82) is 0 Å². The molecule has 12 aromatic rings. The van der Waals surface area contributed by atoms with Gasteiger partial charge in [0.2, 0.25) is 0 Å². The molecule has 6 heteroatoms. The summed E-state index contributed by atoms with van der Waals surface area (Å²) >= 11 is 0. The molecule has 0 radical (unpaired) electrons. The van der Waals surface area contributed by atoms with Crippen molar-refractivity contribution in [3.05, 3.63) is 194 Å². The van der Waals surface area contributed by atoms with Crippen molar-refractivity contribution in [2.75, 3.05) is 24.3 Å². The highest BCUT2D eigenvalue weighted by Crippen LogP contribution is 2.46. The monoisotopic (exact) mass is 835 g/mol. The molecule has 0 saturated carbocycles. The second kappa shape index (κ2) is 14.4. The van der Waals surface area contributed by atoms with Crippen LogP contribution in [0.3, 0.4) is 0 Å². The average Bonchev–Trinajstić information content (AvgIpc) is 4.02. The van der Waals surface area contributed by atoms with Gasteiger partial charge in [0.15, 0.2) is 7.28 Å². The van der Waals surface area contributed by atoms with Gasteiger partial charge in [-0.05, 0) is 101 Å². The van der Waals surface area contributed by atoms with Gasteiger partial charge in [0.05, 0.1) is 11.2 Å². The van der Waals surface area contributed by atoms with Crippen LogP contribution < -0.4 is 21.1 Å². The number of aromatic nitrogens is 1. The lowest BCUT2D eigenvalue weighted by atomic mass is 9.58. The Bertz CT molecular complexity index is 3850. The standard InChI is InChI=1S/C59H42BN3O2/c1-35-29-45(43-31-44-42-21-13-14-22-52(42)64-54(44)34-49(43)61-40-24-26-41(27-25-40)62(2)3)57-58-55(35)46-30-39(36-15-7-4-8-16-36)23-28-50(46)63(58)51-32-47-53(33-48(51)60-57)65-59(38-19-11-6-12-20-38)56(47)37-17-9-5-10-18-37/h4-34,60-61H,1-3H3. The summed E-state index contributed by atoms with van der Waals surface area (Å²) < 4.78 is 16.1. The molecule has 0 spiro atoms. The second-order valence-corrected chi connectivity index (χ2v) is 17.6. The first-order valence-corrected chi connectivity index (χ1v) is 22.3. The number of furan rings is 2. The van der Waals surface area contributed by atoms with Crippen molar-refractivity contribution >= 4 is 90.0 Å². The van der Waals surface area contributed by atoms with Crippen LogP contribution in [0.15, 0.2) is 197 Å². The second-order valence-electron chi connectivity index (χ2n) is 17.6. The number of anilines is 3. The van der Waals surface area contributed by atoms with Gasteiger partial charge in [-0.3, -0.25) is 0 Å². The van der Waals surface area contributed by atoms with Crippen molar-refractivity contribution in [2.24, 2.45) is 0 Å². The van der Waals surface area contributed by atoms with Crippen molar-refractivity contribution < 1.29 is 8.83 Å². The van der Waals surface area contributed by atoms with Crippen molar-refractivity contribution in [2.45, 2.75) is 6.92 Å². The summed E-state index contributed by atoms with van der Waals surface area (Å²) in [7, 11) is 4.87. The van der Waals surface area contributed by atoms with E-state index in [1.54, 1.807) is 0 Å². The molecule has 1 aliphatic heterocycles. The molecule has 4 heterocycles. The molecule has 308 valence electrons. The van der Waals surface area contributed by atoms with Crippen LogP contribution in [0, 0.1) is 6.92 Å². The molecule has 0 amide bonds. The van der Waals surface area contributed by atoms with E-state index < -0.39 is 0 Å². The molecule has 0 aliphatic carbocycles. The highest BCUT2D eigenvalue weighted by molar-refractivity contribution is 6.73. The molecule has 0 fully saturated rings. The zero-order valence-electron chi connectivity index (χ0n) is 36.3. The normalized spacial score (nSPS) is 12.0. The summed E-state index contributed by atoms with van der Waals surface area (Å²) in [5.74, 6) is 0.883. The van der Waals surface area contributed by atoms with Gasteiger partial charge in [-0.2, -0.15) is 0 Å². The van der Waals surface area contributed by atoms with Gasteiger partial charge in [-0.25, -0.2) is 0 Å². The number of hydrogen-bond donors (Lipinski definition) is 1. The van der Waals surface area contributed by atoms with E-state index in [4.69, 9.17) is 8.83 Å². The van der Waals surface area contributed by atoms with E-state index >= 15 is 0 Å². The Morgan fingerprint density at radius 3 is 1.97 bits per heavy atom. The Morgan fingerprint density at radius 2 is 1.22 bits per heavy atom. The van der Waals surface area contributed by atoms with Gasteiger partial charge in [0, 0.05) is 86.4 Å². The van der Waals surface area contributed by atoms with Crippen LogP contribution in [0.1, 0.15) is 5.56 Å². The minimum atomic E-state index is 0.725. The summed E-state index contributed by atoms with van der Waals surface area (Å²) in [5.41, 5.74) is 21.1. The number of para-hydroxylation sites is 1. The molecule has 3 aromatic heterocycles. The minimum Gasteiger partial charge on any atom is -0.456 e. The van der Waals surface area contributed by atoms with E-state index in [1.807, 2.05) is 6.07 Å². The number of rotatable bonds is 7. The van der Waals surface area contributed by atoms with E-state index in [1.165, 1.54) is 60.7 Å². The van der Waals surface area contributed by atoms with Crippen LogP contribution in [-0.2, 0) is 0 Å². The topological polar surface area (TPSA) is 46.5 Å². The molecule has 0 bridgehead atoms. The zero-order chi connectivity index (χ0) is 43.3. The summed E-state index contributed by atoms with van der Waals surface area (Å²) in [4.78, 5) is 2.12. The highest BCUT2D eigenvalue weighted by atomic mass is 16.3. The first-order chi connectivity index (χ1) is 31.9. The maximum Gasteiger partial charge on any atom is 0.198 e. The van der Waals surface area contributed by atoms with Gasteiger partial charge in [0.25, 0.3) is 0 Å². The third kappa shape index (κ3) is 5.87. The quantitative estimate of drug-likeness (QED) is 0.163. The minimum absolute atomic E-state index is 0.725. The first kappa shape index (κ1) is 37.3. The lowest BCUT2D eigenvalue weighted by molar-refractivity contribution is 0.632. The zero-order valence-corrected chi connectivity index (χ0v) is 36.3. The van der Waals surface area contributed by atoms with Gasteiger partial charge >= 0.3 is 0 Å². The fourth-order valence-electron chi connectivity index (χ4n) is 10.5. The van der Waals surface area contributed by atoms with Gasteiger partial charge in [-0.1, -0.05) is 127 Å². The lowest BCUT2D eigenvalue weighted by Gasteiger charge is -2.24. The Kier molecular flexibility index (Phi) is 8.28. The van der Waals surface area contributed by atoms with Gasteiger partial charge in [0.1, 0.15) is 22.5 Å². The maximum atomic E-state index is 6.99. The van der Waals surface area contributed by atoms with E-state index in [9.17, 15) is 0 Å². The fraction of sp³-hybridized carbons (Fsp3) is 0.0508. The SMILES string of the molecule is Cc1cc(-c2cc3c(cc2Nc2ccc(N(C)C)cc2)oc2ccccc23)c2c3c1c1cc(-c4ccccc4)ccc1n3-c1cc3c(-c4ccccc4)c(-c4ccccc4)oc3cc1B2. The summed E-state index contributed by atoms with van der Waals surface area (Å²) in [6, 6.07) is 67.6. The molecule has 65 heavy (non-hydrogen) atoms. The molecular weight excluding hydrogens is 793 g/mol. The predicted molar refractivity (Wildman–Crippen MR) is 275 cm³/mol. The predicted octanol–water partition coefficient (Wildman–Crippen LogP) is 13.9. The fourth-order valence-corrected chi connectivity index (χ4v) is 10.5. The lowest BCUT2D eigenvalue weighted by Crippen LogP contribution is -2.37. The summed E-state index contributed by atoms with van der Waals surface area (Å²) in [5, 5.41) is 9.69. The summed E-state index contributed by atoms with van der Waals surface area (Å²) in [6.45, 7) is 2.29. The van der Waals surface area contributed by atoms with E-state index in [2.05, 4.69) is 218 Å². The number of benzene rings is 9. The van der Waals surface area contributed by atoms with E-state index in [-0.39, 0.29) is 0 Å². The third-order valence-electron chi connectivity index (χ3n) is 13.5. The number of nitrogens with zero attached hydrogens (tertiary/aromatic N) is 2. The first-order valence-electron chi connectivity index (χ1n) is 22.3. The number of fused-ring (bicyclic) bond motifs is 9. The average molecular weight is 836 g/mol. The molecule has 0 saturated heterocycles. The third-order valence-corrected chi connectivity index (χ3v) is 13.5. The molecule has 1 aliphatic rings. The molecule has 13 rings (SSSR count). The van der Waals surface area contributed by atoms with E-state index in [0.717, 1.165) is 85.3 Å². The molecule has 0 atom stereocenters. The Morgan fingerprint density at radius 1 is 0.523 bits per heavy atom. The molecule has 1 N–H and O–H groups in total. The van der Waals surface area contributed by atoms with E-state index in [0.29, 0.717) is 0 Å². The Labute approximate surface area is 377 Å². The van der Waals surface area contributed by atoms with Crippen LogP contribution in [-0.4, -0.2) is 25.9 Å². The number of nitrogens with one attached hydrogen (secondary N) is 1. The largest absolute Gasteiger partial charge is 0.456 e. The van der Waals surface area contributed by atoms with Crippen LogP contribution in [0.2, 0.25) is 0 Å². The molecule has 0 unspecified atom stereocenters. The summed E-state index contributed by atoms with van der Waals surface area (Å²) in [6.07, 6.45) is 0. The number of aryl methyl sites for hydroxylation is 1. The van der Waals surface area contributed by atoms with Gasteiger partial charge < -0.3 is 23.6 Å². The maximum absolute atomic E-state index is 6.99. The highest BCUT2D eigenvalue weighted by Gasteiger charge is 2.30. The van der Waals surface area contributed by atoms with Crippen LogP contribution in [0.5, 0.6) is 0 Å². The van der Waals surface area contributed by atoms with Crippen LogP contribution in [0.25, 0.3) is 105 Å². The molecule has 9 aromatic carbocycles. The Balaban J connectivity index is 1.11.